The molecule has 3 aromatic rings. The van der Waals surface area contributed by atoms with Crippen LogP contribution in [0.4, 0.5) is 0 Å². The van der Waals surface area contributed by atoms with Gasteiger partial charge in [0.15, 0.2) is 0 Å². The van der Waals surface area contributed by atoms with Gasteiger partial charge in [-0.3, -0.25) is 4.98 Å². The number of aryl methyl sites for hydroxylation is 2. The predicted octanol–water partition coefficient (Wildman–Crippen LogP) is 10.8. The van der Waals surface area contributed by atoms with Gasteiger partial charge in [-0.05, 0) is 139 Å². The molecule has 4 rings (SSSR count). The monoisotopic (exact) mass is 569 g/mol. The molecule has 0 amide bonds. The summed E-state index contributed by atoms with van der Waals surface area (Å²) in [5, 5.41) is 0.794. The van der Waals surface area contributed by atoms with Crippen LogP contribution in [-0.4, -0.2) is 18.2 Å². The van der Waals surface area contributed by atoms with Gasteiger partial charge in [-0.2, -0.15) is 0 Å². The first-order chi connectivity index (χ1) is 19.6. The van der Waals surface area contributed by atoms with E-state index in [2.05, 4.69) is 91.4 Å². The Morgan fingerprint density at radius 1 is 0.927 bits per heavy atom. The summed E-state index contributed by atoms with van der Waals surface area (Å²) in [4.78, 5) is 4.78. The minimum atomic E-state index is 0.245. The largest absolute Gasteiger partial charge is 0.381 e. The number of nitrogens with zero attached hydrogens (tertiary/aromatic N) is 1. The molecule has 1 aliphatic rings. The number of fused-ring (bicyclic) bond motifs is 1. The number of hydrogen-bond acceptors (Lipinski definition) is 2. The number of allylic oxidation sites excluding steroid dienone is 3. The van der Waals surface area contributed by atoms with Crippen molar-refractivity contribution in [2.45, 2.75) is 98.3 Å². The Balaban J connectivity index is 1.66. The van der Waals surface area contributed by atoms with Crippen molar-refractivity contribution in [2.24, 2.45) is 0 Å². The lowest BCUT2D eigenvalue weighted by Crippen LogP contribution is -2.14. The van der Waals surface area contributed by atoms with E-state index < -0.39 is 0 Å². The van der Waals surface area contributed by atoms with Gasteiger partial charge in [0.1, 0.15) is 0 Å². The lowest BCUT2D eigenvalue weighted by Gasteiger charge is -2.31. The second-order valence-electron chi connectivity index (χ2n) is 12.2. The van der Waals surface area contributed by atoms with Crippen LogP contribution in [0.5, 0.6) is 0 Å². The van der Waals surface area contributed by atoms with E-state index in [1.54, 1.807) is 0 Å². The van der Waals surface area contributed by atoms with Crippen molar-refractivity contribution in [1.29, 1.82) is 0 Å². The maximum atomic E-state index is 6.58. The maximum Gasteiger partial charge on any atom is 0.0471 e. The molecule has 1 aliphatic carbocycles. The third-order valence-corrected chi connectivity index (χ3v) is 9.35. The van der Waals surface area contributed by atoms with Gasteiger partial charge in [-0.15, -0.1) is 0 Å². The van der Waals surface area contributed by atoms with Crippen molar-refractivity contribution in [3.63, 3.8) is 0 Å². The Labute approximate surface area is 253 Å². The average Bonchev–Trinajstić information content (AvgIpc) is 2.95. The van der Waals surface area contributed by atoms with Gasteiger partial charge in [0.05, 0.1) is 0 Å². The summed E-state index contributed by atoms with van der Waals surface area (Å²) in [5.74, 6) is 1.08. The number of ether oxygens (including phenoxy) is 1. The van der Waals surface area contributed by atoms with E-state index >= 15 is 0 Å². The minimum absolute atomic E-state index is 0.245. The fourth-order valence-electron chi connectivity index (χ4n) is 6.50. The van der Waals surface area contributed by atoms with Crippen LogP contribution in [0.15, 0.2) is 66.4 Å². The van der Waals surface area contributed by atoms with Gasteiger partial charge < -0.3 is 4.74 Å². The molecule has 0 bridgehead atoms. The summed E-state index contributed by atoms with van der Waals surface area (Å²) in [6, 6.07) is 15.6. The van der Waals surface area contributed by atoms with E-state index in [1.807, 2.05) is 12.3 Å². The fraction of sp³-hybridized carbons (Fsp3) is 0.447. The molecule has 2 aromatic carbocycles. The van der Waals surface area contributed by atoms with Gasteiger partial charge in [0.25, 0.3) is 0 Å². The Hall–Kier alpha value is -2.68. The Morgan fingerprint density at radius 2 is 1.71 bits per heavy atom. The number of hydrogen-bond donors (Lipinski definition) is 0. The molecule has 0 saturated heterocycles. The highest BCUT2D eigenvalue weighted by atomic mass is 35.5. The van der Waals surface area contributed by atoms with Crippen molar-refractivity contribution in [3.05, 3.63) is 116 Å². The van der Waals surface area contributed by atoms with Crippen LogP contribution < -0.4 is 0 Å². The first-order valence-electron chi connectivity index (χ1n) is 15.4. The van der Waals surface area contributed by atoms with Crippen LogP contribution in [0.1, 0.15) is 116 Å². The Morgan fingerprint density at radius 3 is 2.44 bits per heavy atom. The highest BCUT2D eigenvalue weighted by molar-refractivity contribution is 6.30. The molecule has 0 spiro atoms. The van der Waals surface area contributed by atoms with Crippen LogP contribution in [0.2, 0.25) is 5.02 Å². The Bertz CT molecular complexity index is 1420. The second kappa shape index (κ2) is 14.0. The quantitative estimate of drug-likeness (QED) is 0.202. The van der Waals surface area contributed by atoms with Crippen LogP contribution in [0, 0.1) is 20.8 Å². The number of benzene rings is 2. The van der Waals surface area contributed by atoms with E-state index in [0.29, 0.717) is 11.8 Å². The topological polar surface area (TPSA) is 22.1 Å². The highest BCUT2D eigenvalue weighted by Crippen LogP contribution is 2.45. The predicted molar refractivity (Wildman–Crippen MR) is 176 cm³/mol. The minimum Gasteiger partial charge on any atom is -0.381 e. The SMILES string of the molecule is C=C1Cc2ccc(Cl)cc2C(CCC(C)c2nccc(C)c2C)=C1C(C)c1ccc(C(C)CCOCCC)c(C)c1. The molecule has 0 fully saturated rings. The van der Waals surface area contributed by atoms with Gasteiger partial charge in [0, 0.05) is 36.0 Å². The fourth-order valence-corrected chi connectivity index (χ4v) is 6.67. The molecule has 2 nitrogen and oxygen atoms in total. The van der Waals surface area contributed by atoms with Crippen molar-refractivity contribution >= 4 is 17.2 Å². The molecular formula is C38H48ClNO. The molecule has 1 heterocycles. The van der Waals surface area contributed by atoms with Crippen molar-refractivity contribution in [1.82, 2.24) is 4.98 Å². The summed E-state index contributed by atoms with van der Waals surface area (Å²) in [7, 11) is 0. The zero-order chi connectivity index (χ0) is 29.7. The Kier molecular flexibility index (Phi) is 10.7. The van der Waals surface area contributed by atoms with Crippen LogP contribution in [0.3, 0.4) is 0 Å². The number of halogens is 1. The van der Waals surface area contributed by atoms with E-state index in [4.69, 9.17) is 21.3 Å². The molecule has 3 atom stereocenters. The highest BCUT2D eigenvalue weighted by Gasteiger charge is 2.27. The van der Waals surface area contributed by atoms with Crippen LogP contribution in [0.25, 0.3) is 5.57 Å². The standard InChI is InChI=1S/C38H48ClNO/c1-9-19-41-20-17-25(3)34-15-12-31(21-27(34)5)30(8)37-28(6)22-32-11-13-33(39)23-36(32)35(37)14-10-26(4)38-29(7)24(2)16-18-40-38/h11-13,15-16,18,21,23,25-26,30H,6,9-10,14,17,19-20,22H2,1-5,7-8H3. The zero-order valence-corrected chi connectivity index (χ0v) is 27.0. The number of rotatable bonds is 12. The second-order valence-corrected chi connectivity index (χ2v) is 12.6. The third kappa shape index (κ3) is 7.22. The summed E-state index contributed by atoms with van der Waals surface area (Å²) >= 11 is 6.58. The van der Waals surface area contributed by atoms with E-state index in [1.165, 1.54) is 61.4 Å². The molecule has 3 heteroatoms. The first kappa shape index (κ1) is 31.3. The summed E-state index contributed by atoms with van der Waals surface area (Å²) < 4.78 is 5.77. The molecule has 0 radical (unpaired) electrons. The summed E-state index contributed by atoms with van der Waals surface area (Å²) in [6.07, 6.45) is 6.93. The van der Waals surface area contributed by atoms with Gasteiger partial charge >= 0.3 is 0 Å². The molecule has 3 unspecified atom stereocenters. The molecule has 41 heavy (non-hydrogen) atoms. The van der Waals surface area contributed by atoms with Crippen molar-refractivity contribution in [2.75, 3.05) is 13.2 Å². The molecular weight excluding hydrogens is 522 g/mol. The normalized spacial score (nSPS) is 15.6. The van der Waals surface area contributed by atoms with Crippen LogP contribution in [-0.2, 0) is 11.2 Å². The zero-order valence-electron chi connectivity index (χ0n) is 26.2. The average molecular weight is 570 g/mol. The lowest BCUT2D eigenvalue weighted by molar-refractivity contribution is 0.128. The van der Waals surface area contributed by atoms with Crippen molar-refractivity contribution < 1.29 is 4.74 Å². The van der Waals surface area contributed by atoms with Crippen molar-refractivity contribution in [3.8, 4) is 0 Å². The van der Waals surface area contributed by atoms with Gasteiger partial charge in [-0.25, -0.2) is 0 Å². The third-order valence-electron chi connectivity index (χ3n) is 9.12. The van der Waals surface area contributed by atoms with E-state index in [-0.39, 0.29) is 5.92 Å². The molecule has 0 N–H and O–H groups in total. The maximum absolute atomic E-state index is 6.58. The molecule has 218 valence electrons. The van der Waals surface area contributed by atoms with Gasteiger partial charge in [-0.1, -0.05) is 70.1 Å². The first-order valence-corrected chi connectivity index (χ1v) is 15.8. The van der Waals surface area contributed by atoms with E-state index in [0.717, 1.165) is 50.3 Å². The summed E-state index contributed by atoms with van der Waals surface area (Å²) in [5.41, 5.74) is 14.6. The van der Waals surface area contributed by atoms with Gasteiger partial charge in [0.2, 0.25) is 0 Å². The summed E-state index contributed by atoms with van der Waals surface area (Å²) in [6.45, 7) is 22.1. The van der Waals surface area contributed by atoms with E-state index in [9.17, 15) is 0 Å². The van der Waals surface area contributed by atoms with Crippen LogP contribution >= 0.6 is 11.6 Å². The molecule has 0 aliphatic heterocycles. The smallest absolute Gasteiger partial charge is 0.0471 e. The number of aromatic nitrogens is 1. The molecule has 0 saturated carbocycles. The lowest BCUT2D eigenvalue weighted by atomic mass is 9.74. The number of pyridine rings is 1. The molecule has 1 aromatic heterocycles.